The van der Waals surface area contributed by atoms with Gasteiger partial charge in [0.05, 0.1) is 21.7 Å². The number of rotatable bonds is 5. The van der Waals surface area contributed by atoms with Gasteiger partial charge in [0.1, 0.15) is 5.75 Å². The lowest BCUT2D eigenvalue weighted by Crippen LogP contribution is -2.00. The zero-order valence-electron chi connectivity index (χ0n) is 9.58. The van der Waals surface area contributed by atoms with E-state index < -0.39 is 6.72 Å². The van der Waals surface area contributed by atoms with E-state index in [1.165, 1.54) is 19.2 Å². The van der Waals surface area contributed by atoms with Gasteiger partial charge in [0.25, 0.3) is 0 Å². The molecule has 4 radical (unpaired) electrons. The lowest BCUT2D eigenvalue weighted by molar-refractivity contribution is 0.242. The standard InChI is InChI=1S/C9H10Cl3O3PS.Si/c1-3-14-16(17,13-2)15-9-5-7(11)6(10)4-8(9)12;/h4-5H,3H2,1-2H3;. The van der Waals surface area contributed by atoms with Crippen LogP contribution in [0.1, 0.15) is 6.92 Å². The molecule has 3 nitrogen and oxygen atoms in total. The number of hydrogen-bond acceptors (Lipinski definition) is 4. The maximum absolute atomic E-state index is 5.96. The van der Waals surface area contributed by atoms with Gasteiger partial charge in [-0.25, -0.2) is 0 Å². The molecule has 0 N–H and O–H groups in total. The smallest absolute Gasteiger partial charge is 0.380 e. The van der Waals surface area contributed by atoms with E-state index in [4.69, 9.17) is 60.2 Å². The van der Waals surface area contributed by atoms with Crippen molar-refractivity contribution in [3.8, 4) is 5.75 Å². The summed E-state index contributed by atoms with van der Waals surface area (Å²) < 4.78 is 15.8. The van der Waals surface area contributed by atoms with Crippen molar-refractivity contribution in [3.05, 3.63) is 27.2 Å². The summed E-state index contributed by atoms with van der Waals surface area (Å²) in [6, 6.07) is 2.95. The first-order chi connectivity index (χ1) is 7.91. The third-order valence-corrected chi connectivity index (χ3v) is 5.14. The van der Waals surface area contributed by atoms with Crippen molar-refractivity contribution in [2.24, 2.45) is 0 Å². The molecular weight excluding hydrogens is 354 g/mol. The molecule has 0 aliphatic rings. The molecule has 0 aliphatic carbocycles. The maximum atomic E-state index is 5.96. The second-order valence-corrected chi connectivity index (χ2v) is 7.10. The van der Waals surface area contributed by atoms with Crippen molar-refractivity contribution in [2.45, 2.75) is 6.92 Å². The van der Waals surface area contributed by atoms with Crippen LogP contribution in [0.25, 0.3) is 0 Å². The van der Waals surface area contributed by atoms with Crippen molar-refractivity contribution in [2.75, 3.05) is 13.7 Å². The Kier molecular flexibility index (Phi) is 8.38. The third kappa shape index (κ3) is 4.98. The quantitative estimate of drug-likeness (QED) is 0.436. The Balaban J connectivity index is 0.00000289. The first kappa shape index (κ1) is 18.7. The van der Waals surface area contributed by atoms with Crippen LogP contribution in [-0.2, 0) is 20.9 Å². The molecule has 0 aromatic heterocycles. The van der Waals surface area contributed by atoms with Crippen molar-refractivity contribution in [1.82, 2.24) is 0 Å². The zero-order chi connectivity index (χ0) is 13.1. The predicted molar refractivity (Wildman–Crippen MR) is 80.8 cm³/mol. The molecule has 1 rings (SSSR count). The molecule has 0 heterocycles. The van der Waals surface area contributed by atoms with Crippen LogP contribution in [0.4, 0.5) is 0 Å². The Labute approximate surface area is 131 Å². The molecule has 1 unspecified atom stereocenters. The van der Waals surface area contributed by atoms with Gasteiger partial charge in [0, 0.05) is 35.9 Å². The second kappa shape index (κ2) is 8.07. The Morgan fingerprint density at radius 3 is 2.22 bits per heavy atom. The van der Waals surface area contributed by atoms with Crippen LogP contribution in [0, 0.1) is 0 Å². The molecule has 0 saturated carbocycles. The van der Waals surface area contributed by atoms with E-state index >= 15 is 0 Å². The summed E-state index contributed by atoms with van der Waals surface area (Å²) in [6.45, 7) is -0.666. The largest absolute Gasteiger partial charge is 0.422 e. The number of hydrogen-bond donors (Lipinski definition) is 0. The Morgan fingerprint density at radius 1 is 1.17 bits per heavy atom. The third-order valence-electron chi connectivity index (χ3n) is 1.70. The summed E-state index contributed by atoms with van der Waals surface area (Å²) >= 11 is 22.7. The van der Waals surface area contributed by atoms with Crippen LogP contribution in [0.3, 0.4) is 0 Å². The summed E-state index contributed by atoms with van der Waals surface area (Å²) in [5.74, 6) is 0.291. The Hall–Kier alpha value is 0.677. The fraction of sp³-hybridized carbons (Fsp3) is 0.333. The summed E-state index contributed by atoms with van der Waals surface area (Å²) in [5, 5.41) is 0.955. The van der Waals surface area contributed by atoms with Gasteiger partial charge in [-0.05, 0) is 13.0 Å². The van der Waals surface area contributed by atoms with Crippen molar-refractivity contribution < 1.29 is 13.6 Å². The summed E-state index contributed by atoms with van der Waals surface area (Å²) in [6.07, 6.45) is 0. The first-order valence-corrected chi connectivity index (χ1v) is 8.25. The normalized spacial score (nSPS) is 13.6. The van der Waals surface area contributed by atoms with Crippen LogP contribution >= 0.6 is 41.5 Å². The molecule has 9 heteroatoms. The highest BCUT2D eigenvalue weighted by Gasteiger charge is 2.22. The lowest BCUT2D eigenvalue weighted by atomic mass is 10.3. The highest BCUT2D eigenvalue weighted by molar-refractivity contribution is 8.07. The predicted octanol–water partition coefficient (Wildman–Crippen LogP) is 4.55. The molecular formula is C9H10Cl3O3PSSi. The fourth-order valence-corrected chi connectivity index (χ4v) is 3.10. The molecule has 0 fully saturated rings. The molecule has 0 amide bonds. The van der Waals surface area contributed by atoms with Crippen LogP contribution in [0.2, 0.25) is 15.1 Å². The second-order valence-electron chi connectivity index (χ2n) is 2.84. The van der Waals surface area contributed by atoms with E-state index in [0.717, 1.165) is 0 Å². The summed E-state index contributed by atoms with van der Waals surface area (Å²) in [5.41, 5.74) is 0. The lowest BCUT2D eigenvalue weighted by Gasteiger charge is -2.20. The number of halogens is 3. The van der Waals surface area contributed by atoms with Gasteiger partial charge >= 0.3 is 6.72 Å². The van der Waals surface area contributed by atoms with Gasteiger partial charge in [-0.2, -0.15) is 0 Å². The molecule has 0 aliphatic heterocycles. The van der Waals surface area contributed by atoms with E-state index in [2.05, 4.69) is 0 Å². The molecule has 0 spiro atoms. The first-order valence-electron chi connectivity index (χ1n) is 4.56. The van der Waals surface area contributed by atoms with Crippen LogP contribution in [0.15, 0.2) is 12.1 Å². The fourth-order valence-electron chi connectivity index (χ4n) is 0.969. The average Bonchev–Trinajstić information content (AvgIpc) is 2.26. The van der Waals surface area contributed by atoms with E-state index in [-0.39, 0.29) is 11.0 Å². The Morgan fingerprint density at radius 2 is 1.72 bits per heavy atom. The van der Waals surface area contributed by atoms with Crippen molar-refractivity contribution >= 4 is 64.3 Å². The molecule has 1 aromatic rings. The van der Waals surface area contributed by atoms with E-state index in [1.807, 2.05) is 0 Å². The van der Waals surface area contributed by atoms with Crippen LogP contribution in [0.5, 0.6) is 5.75 Å². The van der Waals surface area contributed by atoms with Gasteiger partial charge in [-0.1, -0.05) is 34.8 Å². The highest BCUT2D eigenvalue weighted by atomic mass is 35.5. The Bertz CT molecular complexity index is 461. The molecule has 18 heavy (non-hydrogen) atoms. The van der Waals surface area contributed by atoms with Gasteiger partial charge in [0.2, 0.25) is 0 Å². The summed E-state index contributed by atoms with van der Waals surface area (Å²) in [4.78, 5) is 0. The average molecular weight is 364 g/mol. The van der Waals surface area contributed by atoms with Gasteiger partial charge in [-0.3, -0.25) is 4.52 Å². The van der Waals surface area contributed by atoms with Gasteiger partial charge in [0.15, 0.2) is 0 Å². The molecule has 1 atom stereocenters. The van der Waals surface area contributed by atoms with E-state index in [9.17, 15) is 0 Å². The minimum absolute atomic E-state index is 0. The van der Waals surface area contributed by atoms with Crippen LogP contribution in [-0.4, -0.2) is 24.7 Å². The van der Waals surface area contributed by atoms with Gasteiger partial charge < -0.3 is 9.05 Å². The highest BCUT2D eigenvalue weighted by Crippen LogP contribution is 2.51. The molecule has 0 bridgehead atoms. The van der Waals surface area contributed by atoms with E-state index in [1.54, 1.807) is 6.92 Å². The zero-order valence-corrected chi connectivity index (χ0v) is 14.6. The summed E-state index contributed by atoms with van der Waals surface area (Å²) in [7, 11) is 1.42. The SMILES string of the molecule is CCOP(=S)(OC)Oc1cc(Cl)c(Cl)cc1Cl.[Si]. The number of benzene rings is 1. The van der Waals surface area contributed by atoms with Crippen LogP contribution < -0.4 is 4.52 Å². The van der Waals surface area contributed by atoms with E-state index in [0.29, 0.717) is 27.4 Å². The van der Waals surface area contributed by atoms with Gasteiger partial charge in [-0.15, -0.1) is 0 Å². The van der Waals surface area contributed by atoms with Crippen molar-refractivity contribution in [1.29, 1.82) is 0 Å². The minimum atomic E-state index is -2.84. The maximum Gasteiger partial charge on any atom is 0.380 e. The topological polar surface area (TPSA) is 27.7 Å². The molecule has 100 valence electrons. The minimum Gasteiger partial charge on any atom is -0.422 e. The molecule has 0 saturated heterocycles. The van der Waals surface area contributed by atoms with Crippen molar-refractivity contribution in [3.63, 3.8) is 0 Å². The monoisotopic (exact) mass is 362 g/mol. The molecule has 1 aromatic carbocycles.